The second-order valence-corrected chi connectivity index (χ2v) is 4.84. The lowest BCUT2D eigenvalue weighted by Crippen LogP contribution is -2.32. The first-order valence-electron chi connectivity index (χ1n) is 6.11. The van der Waals surface area contributed by atoms with Gasteiger partial charge in [-0.2, -0.15) is 0 Å². The molecule has 1 saturated carbocycles. The average Bonchev–Trinajstić information content (AvgIpc) is 2.60. The number of hydrogen-bond donors (Lipinski definition) is 1. The minimum absolute atomic E-state index is 0.307. The lowest BCUT2D eigenvalue weighted by Gasteiger charge is -2.36. The van der Waals surface area contributed by atoms with Crippen molar-refractivity contribution in [1.29, 1.82) is 0 Å². The van der Waals surface area contributed by atoms with Gasteiger partial charge in [-0.15, -0.1) is 0 Å². The smallest absolute Gasteiger partial charge is 0.303 e. The van der Waals surface area contributed by atoms with Crippen molar-refractivity contribution in [1.82, 2.24) is 0 Å². The van der Waals surface area contributed by atoms with Crippen LogP contribution in [0.5, 0.6) is 0 Å². The van der Waals surface area contributed by atoms with E-state index in [1.54, 1.807) is 0 Å². The van der Waals surface area contributed by atoms with Gasteiger partial charge in [-0.3, -0.25) is 4.79 Å². The summed E-state index contributed by atoms with van der Waals surface area (Å²) in [5.41, 5.74) is 0. The Morgan fingerprint density at radius 3 is 2.60 bits per heavy atom. The van der Waals surface area contributed by atoms with E-state index in [9.17, 15) is 4.79 Å². The fourth-order valence-corrected chi connectivity index (χ4v) is 2.82. The maximum Gasteiger partial charge on any atom is 0.303 e. The Bertz CT molecular complexity index is 217. The summed E-state index contributed by atoms with van der Waals surface area (Å²) in [5.74, 6) is 0.585. The van der Waals surface area contributed by atoms with Crippen molar-refractivity contribution in [3.8, 4) is 0 Å². The Morgan fingerprint density at radius 1 is 1.33 bits per heavy atom. The molecule has 0 amide bonds. The highest BCUT2D eigenvalue weighted by atomic mass is 16.5. The molecule has 2 unspecified atom stereocenters. The highest BCUT2D eigenvalue weighted by molar-refractivity contribution is 5.66. The minimum Gasteiger partial charge on any atom is -0.481 e. The van der Waals surface area contributed by atoms with Crippen LogP contribution in [-0.4, -0.2) is 23.8 Å². The van der Waals surface area contributed by atoms with Gasteiger partial charge >= 0.3 is 5.97 Å². The van der Waals surface area contributed by atoms with Gasteiger partial charge in [-0.05, 0) is 31.1 Å². The van der Waals surface area contributed by atoms with E-state index in [4.69, 9.17) is 9.84 Å². The molecule has 0 bridgehead atoms. The normalized spacial score (nSPS) is 28.7. The van der Waals surface area contributed by atoms with Crippen molar-refractivity contribution >= 4 is 5.97 Å². The van der Waals surface area contributed by atoms with E-state index < -0.39 is 5.97 Å². The van der Waals surface area contributed by atoms with Crippen molar-refractivity contribution in [2.24, 2.45) is 11.8 Å². The molecule has 2 rings (SSSR count). The van der Waals surface area contributed by atoms with Gasteiger partial charge in [-0.25, -0.2) is 0 Å². The maximum absolute atomic E-state index is 10.6. The Kier molecular flexibility index (Phi) is 3.62. The number of hydrogen-bond acceptors (Lipinski definition) is 2. The largest absolute Gasteiger partial charge is 0.481 e. The van der Waals surface area contributed by atoms with Crippen LogP contribution in [0.3, 0.4) is 0 Å². The van der Waals surface area contributed by atoms with Crippen LogP contribution >= 0.6 is 0 Å². The second-order valence-electron chi connectivity index (χ2n) is 4.84. The molecule has 0 aromatic rings. The number of carbonyl (C=O) groups is 1. The minimum atomic E-state index is -0.669. The SMILES string of the molecule is O=C(O)CCC(C1CCC1)C1CCCO1. The van der Waals surface area contributed by atoms with E-state index in [1.807, 2.05) is 0 Å². The molecule has 3 heteroatoms. The fourth-order valence-electron chi connectivity index (χ4n) is 2.82. The Hall–Kier alpha value is -0.570. The molecule has 0 aromatic carbocycles. The second kappa shape index (κ2) is 4.97. The predicted molar refractivity (Wildman–Crippen MR) is 56.7 cm³/mol. The van der Waals surface area contributed by atoms with Crippen molar-refractivity contribution in [2.45, 2.75) is 51.0 Å². The van der Waals surface area contributed by atoms with Crippen LogP contribution in [0.2, 0.25) is 0 Å². The van der Waals surface area contributed by atoms with Crippen LogP contribution in [0.4, 0.5) is 0 Å². The molecule has 2 aliphatic rings. The molecular weight excluding hydrogens is 192 g/mol. The van der Waals surface area contributed by atoms with E-state index in [0.717, 1.165) is 31.8 Å². The van der Waals surface area contributed by atoms with Gasteiger partial charge in [0.25, 0.3) is 0 Å². The number of rotatable bonds is 5. The molecule has 15 heavy (non-hydrogen) atoms. The summed E-state index contributed by atoms with van der Waals surface area (Å²) in [6.07, 6.45) is 7.65. The first-order chi connectivity index (χ1) is 7.27. The van der Waals surface area contributed by atoms with Crippen molar-refractivity contribution < 1.29 is 14.6 Å². The molecule has 1 N–H and O–H groups in total. The predicted octanol–water partition coefficient (Wildman–Crippen LogP) is 2.45. The summed E-state index contributed by atoms with van der Waals surface area (Å²) in [6, 6.07) is 0. The van der Waals surface area contributed by atoms with E-state index in [2.05, 4.69) is 0 Å². The summed E-state index contributed by atoms with van der Waals surface area (Å²) in [7, 11) is 0. The fraction of sp³-hybridized carbons (Fsp3) is 0.917. The van der Waals surface area contributed by atoms with Crippen molar-refractivity contribution in [3.63, 3.8) is 0 Å². The zero-order valence-electron chi connectivity index (χ0n) is 9.15. The van der Waals surface area contributed by atoms with Gasteiger partial charge < -0.3 is 9.84 Å². The van der Waals surface area contributed by atoms with E-state index in [-0.39, 0.29) is 0 Å². The Labute approximate surface area is 90.8 Å². The van der Waals surface area contributed by atoms with Crippen LogP contribution < -0.4 is 0 Å². The lowest BCUT2D eigenvalue weighted by atomic mass is 9.71. The van der Waals surface area contributed by atoms with Crippen LogP contribution in [0.15, 0.2) is 0 Å². The molecule has 86 valence electrons. The van der Waals surface area contributed by atoms with Gasteiger partial charge in [0.1, 0.15) is 0 Å². The lowest BCUT2D eigenvalue weighted by molar-refractivity contribution is -0.137. The third-order valence-corrected chi connectivity index (χ3v) is 3.89. The van der Waals surface area contributed by atoms with Crippen LogP contribution in [0, 0.1) is 11.8 Å². The zero-order valence-corrected chi connectivity index (χ0v) is 9.15. The van der Waals surface area contributed by atoms with E-state index >= 15 is 0 Å². The van der Waals surface area contributed by atoms with Crippen LogP contribution in [0.1, 0.15) is 44.9 Å². The molecule has 2 atom stereocenters. The Morgan fingerprint density at radius 2 is 2.13 bits per heavy atom. The third kappa shape index (κ3) is 2.71. The van der Waals surface area contributed by atoms with Crippen molar-refractivity contribution in [3.05, 3.63) is 0 Å². The molecule has 0 radical (unpaired) electrons. The molecule has 1 aliphatic carbocycles. The first-order valence-corrected chi connectivity index (χ1v) is 6.11. The van der Waals surface area contributed by atoms with Gasteiger partial charge in [0, 0.05) is 13.0 Å². The van der Waals surface area contributed by atoms with E-state index in [1.165, 1.54) is 19.3 Å². The number of carboxylic acids is 1. The molecule has 1 saturated heterocycles. The van der Waals surface area contributed by atoms with Gasteiger partial charge in [0.05, 0.1) is 6.10 Å². The third-order valence-electron chi connectivity index (χ3n) is 3.89. The first kappa shape index (κ1) is 10.9. The van der Waals surface area contributed by atoms with Gasteiger partial charge in [0.15, 0.2) is 0 Å². The number of aliphatic carboxylic acids is 1. The monoisotopic (exact) mass is 212 g/mol. The van der Waals surface area contributed by atoms with Crippen LogP contribution in [0.25, 0.3) is 0 Å². The maximum atomic E-state index is 10.6. The summed E-state index contributed by atoms with van der Waals surface area (Å²) in [4.78, 5) is 10.6. The number of ether oxygens (including phenoxy) is 1. The van der Waals surface area contributed by atoms with Crippen LogP contribution in [-0.2, 0) is 9.53 Å². The standard InChI is InChI=1S/C12H20O3/c13-12(14)7-6-10(9-3-1-4-9)11-5-2-8-15-11/h9-11H,1-8H2,(H,13,14). The molecule has 3 nitrogen and oxygen atoms in total. The molecular formula is C12H20O3. The van der Waals surface area contributed by atoms with Crippen molar-refractivity contribution in [2.75, 3.05) is 6.61 Å². The van der Waals surface area contributed by atoms with Gasteiger partial charge in [0.2, 0.25) is 0 Å². The topological polar surface area (TPSA) is 46.5 Å². The quantitative estimate of drug-likeness (QED) is 0.761. The zero-order chi connectivity index (χ0) is 10.7. The molecule has 1 heterocycles. The summed E-state index contributed by atoms with van der Waals surface area (Å²) < 4.78 is 5.71. The molecule has 1 aliphatic heterocycles. The number of carboxylic acid groups (broad SMARTS) is 1. The molecule has 2 fully saturated rings. The Balaban J connectivity index is 1.86. The van der Waals surface area contributed by atoms with Gasteiger partial charge in [-0.1, -0.05) is 19.3 Å². The molecule has 0 aromatic heterocycles. The summed E-state index contributed by atoms with van der Waals surface area (Å²) in [6.45, 7) is 0.876. The summed E-state index contributed by atoms with van der Waals surface area (Å²) in [5, 5.41) is 8.74. The highest BCUT2D eigenvalue weighted by Crippen LogP contribution is 2.40. The van der Waals surface area contributed by atoms with E-state index in [0.29, 0.717) is 18.4 Å². The summed E-state index contributed by atoms with van der Waals surface area (Å²) >= 11 is 0. The highest BCUT2D eigenvalue weighted by Gasteiger charge is 2.35. The molecule has 0 spiro atoms. The average molecular weight is 212 g/mol.